The Kier molecular flexibility index (Phi) is 7.67. The zero-order valence-corrected chi connectivity index (χ0v) is 19.2. The Morgan fingerprint density at radius 1 is 1.09 bits per heavy atom. The second kappa shape index (κ2) is 10.3. The minimum atomic E-state index is -0.450. The van der Waals surface area contributed by atoms with Crippen molar-refractivity contribution in [2.45, 2.75) is 71.5 Å². The predicted molar refractivity (Wildman–Crippen MR) is 126 cm³/mol. The third kappa shape index (κ3) is 6.63. The van der Waals surface area contributed by atoms with Gasteiger partial charge in [-0.05, 0) is 54.2 Å². The first-order chi connectivity index (χ1) is 15.1. The molecule has 0 bridgehead atoms. The fraction of sp³-hybridized carbons (Fsp3) is 0.462. The summed E-state index contributed by atoms with van der Waals surface area (Å²) in [6.45, 7) is 6.70. The predicted octanol–water partition coefficient (Wildman–Crippen LogP) is 5.11. The van der Waals surface area contributed by atoms with Gasteiger partial charge in [0.25, 0.3) is 5.91 Å². The van der Waals surface area contributed by atoms with Gasteiger partial charge in [-0.3, -0.25) is 9.59 Å². The Balaban J connectivity index is 1.71. The van der Waals surface area contributed by atoms with Gasteiger partial charge >= 0.3 is 0 Å². The first-order valence-corrected chi connectivity index (χ1v) is 11.3. The molecule has 5 nitrogen and oxygen atoms in total. The fourth-order valence-electron chi connectivity index (χ4n) is 4.20. The van der Waals surface area contributed by atoms with Crippen molar-refractivity contribution < 1.29 is 14.0 Å². The van der Waals surface area contributed by atoms with Gasteiger partial charge in [0.1, 0.15) is 5.82 Å². The lowest BCUT2D eigenvalue weighted by atomic mass is 9.87. The van der Waals surface area contributed by atoms with Crippen molar-refractivity contribution in [3.8, 4) is 0 Å². The van der Waals surface area contributed by atoms with Gasteiger partial charge in [0, 0.05) is 36.3 Å². The van der Waals surface area contributed by atoms with Gasteiger partial charge in [0.2, 0.25) is 5.91 Å². The minimum Gasteiger partial charge on any atom is -0.334 e. The van der Waals surface area contributed by atoms with Crippen LogP contribution in [0.3, 0.4) is 0 Å². The Hall–Kier alpha value is -2.73. The van der Waals surface area contributed by atoms with Gasteiger partial charge in [-0.1, -0.05) is 51.8 Å². The zero-order valence-electron chi connectivity index (χ0n) is 19.2. The topological polar surface area (TPSA) is 75.4 Å². The molecule has 172 valence electrons. The minimum absolute atomic E-state index is 0.00232. The quantitative estimate of drug-likeness (QED) is 0.656. The molecule has 2 unspecified atom stereocenters. The van der Waals surface area contributed by atoms with Crippen LogP contribution in [-0.2, 0) is 11.3 Å². The van der Waals surface area contributed by atoms with E-state index in [9.17, 15) is 14.0 Å². The Morgan fingerprint density at radius 3 is 2.41 bits per heavy atom. The van der Waals surface area contributed by atoms with Gasteiger partial charge in [-0.2, -0.15) is 0 Å². The largest absolute Gasteiger partial charge is 0.334 e. The molecule has 3 N–H and O–H groups in total. The van der Waals surface area contributed by atoms with Crippen molar-refractivity contribution in [1.82, 2.24) is 4.90 Å². The summed E-state index contributed by atoms with van der Waals surface area (Å²) in [5.41, 5.74) is 8.17. The van der Waals surface area contributed by atoms with Crippen molar-refractivity contribution in [1.29, 1.82) is 0 Å². The second-order valence-corrected chi connectivity index (χ2v) is 9.94. The van der Waals surface area contributed by atoms with Gasteiger partial charge in [0.15, 0.2) is 0 Å². The number of nitrogens with zero attached hydrogens (tertiary/aromatic N) is 1. The number of amides is 2. The van der Waals surface area contributed by atoms with E-state index in [1.54, 1.807) is 18.2 Å². The van der Waals surface area contributed by atoms with E-state index in [4.69, 9.17) is 5.73 Å². The highest BCUT2D eigenvalue weighted by molar-refractivity contribution is 6.04. The SMILES string of the molecule is CC(C)(C)CC(=O)N(Cc1ccc(NC(=O)c2cccc(F)c2)cc1)C1CCCCC1N. The molecule has 0 aromatic heterocycles. The van der Waals surface area contributed by atoms with Crippen LogP contribution in [0, 0.1) is 11.2 Å². The van der Waals surface area contributed by atoms with E-state index in [-0.39, 0.29) is 34.9 Å². The fourth-order valence-corrected chi connectivity index (χ4v) is 4.20. The maximum atomic E-state index is 13.4. The number of anilines is 1. The third-order valence-electron chi connectivity index (χ3n) is 5.84. The summed E-state index contributed by atoms with van der Waals surface area (Å²) in [5.74, 6) is -0.690. The summed E-state index contributed by atoms with van der Waals surface area (Å²) in [5, 5.41) is 2.78. The van der Waals surface area contributed by atoms with Crippen LogP contribution in [0.4, 0.5) is 10.1 Å². The van der Waals surface area contributed by atoms with E-state index in [1.807, 2.05) is 17.0 Å². The van der Waals surface area contributed by atoms with E-state index in [0.29, 0.717) is 18.7 Å². The van der Waals surface area contributed by atoms with Gasteiger partial charge in [0.05, 0.1) is 0 Å². The lowest BCUT2D eigenvalue weighted by Gasteiger charge is -2.39. The molecule has 2 amide bonds. The van der Waals surface area contributed by atoms with Crippen LogP contribution in [0.25, 0.3) is 0 Å². The number of nitrogens with two attached hydrogens (primary N) is 1. The molecule has 1 fully saturated rings. The molecule has 1 aliphatic rings. The van der Waals surface area contributed by atoms with Gasteiger partial charge < -0.3 is 16.0 Å². The number of hydrogen-bond donors (Lipinski definition) is 2. The molecule has 6 heteroatoms. The van der Waals surface area contributed by atoms with Crippen LogP contribution in [0.5, 0.6) is 0 Å². The van der Waals surface area contributed by atoms with E-state index >= 15 is 0 Å². The molecule has 2 aromatic rings. The lowest BCUT2D eigenvalue weighted by molar-refractivity contribution is -0.137. The van der Waals surface area contributed by atoms with Crippen LogP contribution < -0.4 is 11.1 Å². The molecule has 0 aliphatic heterocycles. The highest BCUT2D eigenvalue weighted by Gasteiger charge is 2.32. The number of halogens is 1. The lowest BCUT2D eigenvalue weighted by Crippen LogP contribution is -2.52. The molecule has 1 aliphatic carbocycles. The van der Waals surface area contributed by atoms with Crippen LogP contribution in [0.1, 0.15) is 68.8 Å². The summed E-state index contributed by atoms with van der Waals surface area (Å²) < 4.78 is 13.4. The van der Waals surface area contributed by atoms with Crippen LogP contribution >= 0.6 is 0 Å². The van der Waals surface area contributed by atoms with Crippen molar-refractivity contribution in [3.63, 3.8) is 0 Å². The second-order valence-electron chi connectivity index (χ2n) is 9.94. The molecule has 2 aromatic carbocycles. The van der Waals surface area contributed by atoms with Gasteiger partial charge in [-0.15, -0.1) is 0 Å². The van der Waals surface area contributed by atoms with E-state index < -0.39 is 5.82 Å². The average Bonchev–Trinajstić information content (AvgIpc) is 2.72. The van der Waals surface area contributed by atoms with Crippen molar-refractivity contribution in [2.75, 3.05) is 5.32 Å². The van der Waals surface area contributed by atoms with Crippen LogP contribution in [-0.4, -0.2) is 28.8 Å². The summed E-state index contributed by atoms with van der Waals surface area (Å²) in [6.07, 6.45) is 4.53. The maximum Gasteiger partial charge on any atom is 0.255 e. The molecule has 0 radical (unpaired) electrons. The summed E-state index contributed by atoms with van der Waals surface area (Å²) >= 11 is 0. The molecular weight excluding hydrogens is 405 g/mol. The number of benzene rings is 2. The zero-order chi connectivity index (χ0) is 23.3. The average molecular weight is 440 g/mol. The monoisotopic (exact) mass is 439 g/mol. The Morgan fingerprint density at radius 2 is 1.78 bits per heavy atom. The summed E-state index contributed by atoms with van der Waals surface area (Å²) in [6, 6.07) is 13.1. The number of carbonyl (C=O) groups is 2. The molecule has 1 saturated carbocycles. The van der Waals surface area contributed by atoms with Crippen molar-refractivity contribution in [2.24, 2.45) is 11.1 Å². The van der Waals surface area contributed by atoms with Crippen molar-refractivity contribution >= 4 is 17.5 Å². The third-order valence-corrected chi connectivity index (χ3v) is 5.84. The number of rotatable bonds is 6. The first kappa shape index (κ1) is 23.9. The number of nitrogens with one attached hydrogen (secondary N) is 1. The maximum absolute atomic E-state index is 13.4. The standard InChI is InChI=1S/C26H34FN3O2/c1-26(2,3)16-24(31)30(23-10-5-4-9-22(23)28)17-18-11-13-21(14-12-18)29-25(32)19-7-6-8-20(27)15-19/h6-8,11-15,22-23H,4-5,9-10,16-17,28H2,1-3H3,(H,29,32). The molecule has 2 atom stereocenters. The Bertz CT molecular complexity index is 937. The van der Waals surface area contributed by atoms with Crippen LogP contribution in [0.2, 0.25) is 0 Å². The smallest absolute Gasteiger partial charge is 0.255 e. The molecule has 0 spiro atoms. The van der Waals surface area contributed by atoms with E-state index in [1.165, 1.54) is 18.2 Å². The molecule has 3 rings (SSSR count). The highest BCUT2D eigenvalue weighted by atomic mass is 19.1. The number of carbonyl (C=O) groups excluding carboxylic acids is 2. The highest BCUT2D eigenvalue weighted by Crippen LogP contribution is 2.28. The molecule has 0 heterocycles. The van der Waals surface area contributed by atoms with E-state index in [2.05, 4.69) is 26.1 Å². The summed E-state index contributed by atoms with van der Waals surface area (Å²) in [4.78, 5) is 27.5. The van der Waals surface area contributed by atoms with Gasteiger partial charge in [-0.25, -0.2) is 4.39 Å². The summed E-state index contributed by atoms with van der Waals surface area (Å²) in [7, 11) is 0. The number of hydrogen-bond acceptors (Lipinski definition) is 3. The van der Waals surface area contributed by atoms with E-state index in [0.717, 1.165) is 31.2 Å². The van der Waals surface area contributed by atoms with Crippen LogP contribution in [0.15, 0.2) is 48.5 Å². The molecule has 0 saturated heterocycles. The molecular formula is C26H34FN3O2. The molecule has 32 heavy (non-hydrogen) atoms. The Labute approximate surface area is 190 Å². The van der Waals surface area contributed by atoms with Crippen molar-refractivity contribution in [3.05, 3.63) is 65.5 Å². The first-order valence-electron chi connectivity index (χ1n) is 11.3. The normalized spacial score (nSPS) is 18.8.